The molecule has 4 aromatic rings. The summed E-state index contributed by atoms with van der Waals surface area (Å²) in [5, 5.41) is 5.32. The Kier molecular flexibility index (Phi) is 8.57. The van der Waals surface area contributed by atoms with Crippen LogP contribution < -0.4 is 20.1 Å². The quantitative estimate of drug-likeness (QED) is 0.194. The molecule has 0 bridgehead atoms. The molecule has 0 unspecified atom stereocenters. The monoisotopic (exact) mass is 608 g/mol. The predicted molar refractivity (Wildman–Crippen MR) is 146 cm³/mol. The molecule has 0 spiro atoms. The van der Waals surface area contributed by atoms with E-state index >= 15 is 0 Å². The number of halogens is 3. The van der Waals surface area contributed by atoms with E-state index < -0.39 is 37.6 Å². The van der Waals surface area contributed by atoms with Crippen LogP contribution in [0.25, 0.3) is 0 Å². The van der Waals surface area contributed by atoms with E-state index in [1.807, 2.05) is 0 Å². The molecule has 4 rings (SSSR count). The second kappa shape index (κ2) is 11.9. The highest BCUT2D eigenvalue weighted by atomic mass is 32.2. The minimum absolute atomic E-state index is 0.0320. The summed E-state index contributed by atoms with van der Waals surface area (Å²) in [6.45, 7) is 1.19. The van der Waals surface area contributed by atoms with Gasteiger partial charge in [0.2, 0.25) is 16.0 Å². The molecule has 0 saturated carbocycles. The van der Waals surface area contributed by atoms with Gasteiger partial charge >= 0.3 is 6.18 Å². The molecule has 3 heterocycles. The Morgan fingerprint density at radius 2 is 1.56 bits per heavy atom. The van der Waals surface area contributed by atoms with Crippen LogP contribution in [0.1, 0.15) is 18.1 Å². The SMILES string of the molecule is CCS(=O)(=O)Nc1ncccc1CNc1nc(Nc2ccc(S(=O)(=O)Nc3ccccn3)cc2)ncc1C(F)(F)F. The molecular weight excluding hydrogens is 585 g/mol. The molecule has 0 atom stereocenters. The average Bonchev–Trinajstić information content (AvgIpc) is 2.92. The fourth-order valence-electron chi connectivity index (χ4n) is 3.32. The van der Waals surface area contributed by atoms with Crippen LogP contribution in [0, 0.1) is 0 Å². The lowest BCUT2D eigenvalue weighted by Gasteiger charge is -2.16. The number of nitrogens with zero attached hydrogens (tertiary/aromatic N) is 4. The Morgan fingerprint density at radius 1 is 0.829 bits per heavy atom. The van der Waals surface area contributed by atoms with Crippen molar-refractivity contribution in [2.24, 2.45) is 0 Å². The Labute approximate surface area is 233 Å². The van der Waals surface area contributed by atoms with E-state index in [1.54, 1.807) is 12.1 Å². The second-order valence-electron chi connectivity index (χ2n) is 8.29. The van der Waals surface area contributed by atoms with Crippen molar-refractivity contribution in [2.75, 3.05) is 25.8 Å². The summed E-state index contributed by atoms with van der Waals surface area (Å²) in [6.07, 6.45) is -1.42. The normalized spacial score (nSPS) is 12.0. The van der Waals surface area contributed by atoms with E-state index in [2.05, 4.69) is 40.0 Å². The summed E-state index contributed by atoms with van der Waals surface area (Å²) >= 11 is 0. The highest BCUT2D eigenvalue weighted by molar-refractivity contribution is 7.93. The number of benzene rings is 1. The minimum Gasteiger partial charge on any atom is -0.365 e. The zero-order valence-electron chi connectivity index (χ0n) is 21.2. The van der Waals surface area contributed by atoms with Crippen LogP contribution >= 0.6 is 0 Å². The maximum absolute atomic E-state index is 13.7. The Bertz CT molecular complexity index is 1720. The van der Waals surface area contributed by atoms with Crippen molar-refractivity contribution >= 4 is 49.1 Å². The largest absolute Gasteiger partial charge is 0.421 e. The number of nitrogens with one attached hydrogen (secondary N) is 4. The van der Waals surface area contributed by atoms with Crippen LogP contribution in [-0.4, -0.2) is 42.5 Å². The fraction of sp³-hybridized carbons (Fsp3) is 0.167. The molecule has 0 aliphatic carbocycles. The minimum atomic E-state index is -4.79. The lowest BCUT2D eigenvalue weighted by atomic mass is 10.2. The number of sulfonamides is 2. The molecule has 4 N–H and O–H groups in total. The van der Waals surface area contributed by atoms with Gasteiger partial charge < -0.3 is 10.6 Å². The van der Waals surface area contributed by atoms with Gasteiger partial charge in [0.05, 0.1) is 10.6 Å². The molecule has 0 saturated heterocycles. The molecule has 1 aromatic carbocycles. The number of pyridine rings is 2. The van der Waals surface area contributed by atoms with E-state index in [1.165, 1.54) is 61.8 Å². The van der Waals surface area contributed by atoms with Gasteiger partial charge in [-0.25, -0.2) is 31.8 Å². The van der Waals surface area contributed by atoms with Crippen LogP contribution in [0.5, 0.6) is 0 Å². The van der Waals surface area contributed by atoms with Gasteiger partial charge in [-0.3, -0.25) is 9.44 Å². The maximum Gasteiger partial charge on any atom is 0.421 e. The molecule has 216 valence electrons. The number of alkyl halides is 3. The highest BCUT2D eigenvalue weighted by Crippen LogP contribution is 2.34. The predicted octanol–water partition coefficient (Wildman–Crippen LogP) is 4.20. The molecule has 0 aliphatic rings. The standard InChI is InChI=1S/C24H23F3N8O4S2/c1-2-40(36,37)35-21-16(6-5-13-29-21)14-30-22-19(24(25,26)27)15-31-23(33-22)32-17-8-10-18(11-9-17)41(38,39)34-20-7-3-4-12-28-20/h3-13,15H,2,14H2,1H3,(H,28,34)(H,29,35)(H2,30,31,32,33). The first-order chi connectivity index (χ1) is 19.4. The lowest BCUT2D eigenvalue weighted by Crippen LogP contribution is -2.18. The van der Waals surface area contributed by atoms with Crippen LogP contribution in [0.3, 0.4) is 0 Å². The van der Waals surface area contributed by atoms with Crippen molar-refractivity contribution in [3.8, 4) is 0 Å². The summed E-state index contributed by atoms with van der Waals surface area (Å²) in [5.41, 5.74) is -0.567. The average molecular weight is 609 g/mol. The molecule has 0 aliphatic heterocycles. The molecule has 0 amide bonds. The van der Waals surface area contributed by atoms with Gasteiger partial charge in [0.15, 0.2) is 0 Å². The van der Waals surface area contributed by atoms with Gasteiger partial charge in [0, 0.05) is 36.4 Å². The van der Waals surface area contributed by atoms with Gasteiger partial charge in [-0.05, 0) is 49.4 Å². The van der Waals surface area contributed by atoms with Gasteiger partial charge in [-0.2, -0.15) is 18.2 Å². The van der Waals surface area contributed by atoms with Crippen molar-refractivity contribution in [1.29, 1.82) is 0 Å². The molecule has 12 nitrogen and oxygen atoms in total. The summed E-state index contributed by atoms with van der Waals surface area (Å²) < 4.78 is 94.8. The van der Waals surface area contributed by atoms with Crippen molar-refractivity contribution in [3.05, 3.63) is 84.3 Å². The highest BCUT2D eigenvalue weighted by Gasteiger charge is 2.35. The molecule has 3 aromatic heterocycles. The van der Waals surface area contributed by atoms with Gasteiger partial charge in [-0.1, -0.05) is 12.1 Å². The van der Waals surface area contributed by atoms with Crippen LogP contribution in [0.15, 0.2) is 78.1 Å². The van der Waals surface area contributed by atoms with Crippen molar-refractivity contribution in [1.82, 2.24) is 19.9 Å². The number of anilines is 5. The maximum atomic E-state index is 13.7. The molecule has 41 heavy (non-hydrogen) atoms. The molecule has 0 fully saturated rings. The van der Waals surface area contributed by atoms with Gasteiger partial charge in [-0.15, -0.1) is 0 Å². The summed E-state index contributed by atoms with van der Waals surface area (Å²) in [6, 6.07) is 13.1. The van der Waals surface area contributed by atoms with E-state index in [9.17, 15) is 30.0 Å². The van der Waals surface area contributed by atoms with Crippen molar-refractivity contribution < 1.29 is 30.0 Å². The van der Waals surface area contributed by atoms with Crippen molar-refractivity contribution in [2.45, 2.75) is 24.5 Å². The molecule has 0 radical (unpaired) electrons. The Balaban J connectivity index is 1.53. The Morgan fingerprint density at radius 3 is 2.22 bits per heavy atom. The van der Waals surface area contributed by atoms with Crippen molar-refractivity contribution in [3.63, 3.8) is 0 Å². The topological polar surface area (TPSA) is 168 Å². The van der Waals surface area contributed by atoms with E-state index in [-0.39, 0.29) is 40.3 Å². The zero-order chi connectivity index (χ0) is 29.7. The smallest absolute Gasteiger partial charge is 0.365 e. The number of hydrogen-bond acceptors (Lipinski definition) is 10. The van der Waals surface area contributed by atoms with Crippen LogP contribution in [0.2, 0.25) is 0 Å². The zero-order valence-corrected chi connectivity index (χ0v) is 22.8. The number of hydrogen-bond donors (Lipinski definition) is 4. The van der Waals surface area contributed by atoms with Gasteiger partial charge in [0.1, 0.15) is 23.0 Å². The first kappa shape index (κ1) is 29.5. The first-order valence-corrected chi connectivity index (χ1v) is 14.9. The van der Waals surface area contributed by atoms with Crippen LogP contribution in [-0.2, 0) is 32.8 Å². The molecular formula is C24H23F3N8O4S2. The lowest BCUT2D eigenvalue weighted by molar-refractivity contribution is -0.137. The first-order valence-electron chi connectivity index (χ1n) is 11.8. The third kappa shape index (κ3) is 7.79. The third-order valence-corrected chi connectivity index (χ3v) is 8.02. The third-order valence-electron chi connectivity index (χ3n) is 5.39. The summed E-state index contributed by atoms with van der Waals surface area (Å²) in [7, 11) is -7.62. The van der Waals surface area contributed by atoms with E-state index in [4.69, 9.17) is 0 Å². The second-order valence-corrected chi connectivity index (χ2v) is 12.0. The fourth-order valence-corrected chi connectivity index (χ4v) is 4.95. The van der Waals surface area contributed by atoms with Gasteiger partial charge in [0.25, 0.3) is 10.0 Å². The Hall–Kier alpha value is -4.51. The summed E-state index contributed by atoms with van der Waals surface area (Å²) in [5.74, 6) is -0.893. The molecule has 17 heteroatoms. The number of aromatic nitrogens is 4. The van der Waals surface area contributed by atoms with E-state index in [0.717, 1.165) is 0 Å². The summed E-state index contributed by atoms with van der Waals surface area (Å²) in [4.78, 5) is 15.5. The van der Waals surface area contributed by atoms with E-state index in [0.29, 0.717) is 11.9 Å². The van der Waals surface area contributed by atoms with Crippen LogP contribution in [0.4, 0.5) is 42.3 Å². The number of rotatable bonds is 11.